The molecule has 4 heteroatoms. The van der Waals surface area contributed by atoms with Gasteiger partial charge in [0, 0.05) is 30.0 Å². The molecule has 126 valence electrons. The molecule has 1 unspecified atom stereocenters. The van der Waals surface area contributed by atoms with Crippen molar-refractivity contribution in [3.63, 3.8) is 0 Å². The Labute approximate surface area is 147 Å². The standard InChI is InChI=1S/C21H20N2O2/c1-15-5-4-7-17(13-15)21(24)23-12-11-18(14-23)25-20-10-9-16-6-2-3-8-19(16)22-20/h2-10,13,18H,11-12,14H2,1H3. The molecule has 4 nitrogen and oxygen atoms in total. The van der Waals surface area contributed by atoms with Gasteiger partial charge < -0.3 is 9.64 Å². The maximum atomic E-state index is 12.6. The molecule has 0 N–H and O–H groups in total. The third kappa shape index (κ3) is 3.33. The number of hydrogen-bond acceptors (Lipinski definition) is 3. The second-order valence-corrected chi connectivity index (χ2v) is 6.49. The number of hydrogen-bond donors (Lipinski definition) is 0. The van der Waals surface area contributed by atoms with Gasteiger partial charge >= 0.3 is 0 Å². The summed E-state index contributed by atoms with van der Waals surface area (Å²) >= 11 is 0. The lowest BCUT2D eigenvalue weighted by molar-refractivity contribution is 0.0771. The molecule has 0 bridgehead atoms. The average Bonchev–Trinajstić information content (AvgIpc) is 3.09. The van der Waals surface area contributed by atoms with Gasteiger partial charge in [-0.1, -0.05) is 35.9 Å². The summed E-state index contributed by atoms with van der Waals surface area (Å²) in [6.07, 6.45) is 0.814. The summed E-state index contributed by atoms with van der Waals surface area (Å²) < 4.78 is 6.02. The van der Waals surface area contributed by atoms with E-state index in [1.165, 1.54) is 0 Å². The fraction of sp³-hybridized carbons (Fsp3) is 0.238. The molecule has 1 atom stereocenters. The van der Waals surface area contributed by atoms with Crippen molar-refractivity contribution in [3.05, 3.63) is 71.8 Å². The van der Waals surface area contributed by atoms with Gasteiger partial charge in [-0.2, -0.15) is 0 Å². The number of ether oxygens (including phenoxy) is 1. The highest BCUT2D eigenvalue weighted by Gasteiger charge is 2.28. The van der Waals surface area contributed by atoms with Gasteiger partial charge in [0.05, 0.1) is 12.1 Å². The van der Waals surface area contributed by atoms with Gasteiger partial charge in [0.1, 0.15) is 6.10 Å². The Balaban J connectivity index is 1.44. The molecule has 4 rings (SSSR count). The normalized spacial score (nSPS) is 17.0. The van der Waals surface area contributed by atoms with Crippen molar-refractivity contribution in [2.45, 2.75) is 19.4 Å². The largest absolute Gasteiger partial charge is 0.472 e. The highest BCUT2D eigenvalue weighted by molar-refractivity contribution is 5.94. The molecular weight excluding hydrogens is 312 g/mol. The molecule has 1 saturated heterocycles. The van der Waals surface area contributed by atoms with E-state index in [2.05, 4.69) is 4.98 Å². The van der Waals surface area contributed by atoms with Crippen molar-refractivity contribution >= 4 is 16.8 Å². The summed E-state index contributed by atoms with van der Waals surface area (Å²) in [6.45, 7) is 3.31. The van der Waals surface area contributed by atoms with Gasteiger partial charge in [-0.25, -0.2) is 4.98 Å². The minimum Gasteiger partial charge on any atom is -0.472 e. The Morgan fingerprint density at radius 3 is 2.88 bits per heavy atom. The zero-order valence-corrected chi connectivity index (χ0v) is 14.2. The second-order valence-electron chi connectivity index (χ2n) is 6.49. The summed E-state index contributed by atoms with van der Waals surface area (Å²) in [7, 11) is 0. The molecule has 1 fully saturated rings. The first-order valence-electron chi connectivity index (χ1n) is 8.57. The van der Waals surface area contributed by atoms with Gasteiger partial charge in [-0.15, -0.1) is 0 Å². The smallest absolute Gasteiger partial charge is 0.253 e. The van der Waals surface area contributed by atoms with Crippen LogP contribution in [0.2, 0.25) is 0 Å². The number of amides is 1. The fourth-order valence-electron chi connectivity index (χ4n) is 3.25. The number of likely N-dealkylation sites (tertiary alicyclic amines) is 1. The Morgan fingerprint density at radius 1 is 1.12 bits per heavy atom. The number of benzene rings is 2. The highest BCUT2D eigenvalue weighted by Crippen LogP contribution is 2.21. The van der Waals surface area contributed by atoms with Crippen LogP contribution in [-0.4, -0.2) is 35.0 Å². The van der Waals surface area contributed by atoms with Crippen LogP contribution in [0.15, 0.2) is 60.7 Å². The number of carbonyl (C=O) groups excluding carboxylic acids is 1. The Morgan fingerprint density at radius 2 is 2.00 bits per heavy atom. The van der Waals surface area contributed by atoms with E-state index in [0.29, 0.717) is 19.0 Å². The Hall–Kier alpha value is -2.88. The summed E-state index contributed by atoms with van der Waals surface area (Å²) in [5.74, 6) is 0.690. The molecule has 0 aliphatic carbocycles. The number of rotatable bonds is 3. The van der Waals surface area contributed by atoms with Crippen molar-refractivity contribution in [1.82, 2.24) is 9.88 Å². The number of aryl methyl sites for hydroxylation is 1. The van der Waals surface area contributed by atoms with Gasteiger partial charge in [0.2, 0.25) is 5.88 Å². The van der Waals surface area contributed by atoms with Gasteiger partial charge in [-0.3, -0.25) is 4.79 Å². The number of nitrogens with zero attached hydrogens (tertiary/aromatic N) is 2. The minimum absolute atomic E-state index is 0.0116. The van der Waals surface area contributed by atoms with Crippen LogP contribution in [0, 0.1) is 6.92 Å². The predicted molar refractivity (Wildman–Crippen MR) is 97.9 cm³/mol. The molecule has 0 radical (unpaired) electrons. The van der Waals surface area contributed by atoms with E-state index >= 15 is 0 Å². The van der Waals surface area contributed by atoms with Gasteiger partial charge in [0.25, 0.3) is 5.91 Å². The molecule has 0 saturated carbocycles. The quantitative estimate of drug-likeness (QED) is 0.732. The topological polar surface area (TPSA) is 42.4 Å². The maximum Gasteiger partial charge on any atom is 0.253 e. The third-order valence-electron chi connectivity index (χ3n) is 4.56. The van der Waals surface area contributed by atoms with Crippen LogP contribution < -0.4 is 4.74 Å². The van der Waals surface area contributed by atoms with Gasteiger partial charge in [0.15, 0.2) is 0 Å². The van der Waals surface area contributed by atoms with Crippen molar-refractivity contribution in [1.29, 1.82) is 0 Å². The summed E-state index contributed by atoms with van der Waals surface area (Å²) in [4.78, 5) is 19.0. The van der Waals surface area contributed by atoms with Crippen LogP contribution in [-0.2, 0) is 0 Å². The molecule has 2 heterocycles. The number of aromatic nitrogens is 1. The lowest BCUT2D eigenvalue weighted by Crippen LogP contribution is -2.31. The average molecular weight is 332 g/mol. The predicted octanol–water partition coefficient (Wildman–Crippen LogP) is 3.84. The highest BCUT2D eigenvalue weighted by atomic mass is 16.5. The van der Waals surface area contributed by atoms with Crippen molar-refractivity contribution in [3.8, 4) is 5.88 Å². The van der Waals surface area contributed by atoms with Crippen molar-refractivity contribution < 1.29 is 9.53 Å². The molecule has 3 aromatic rings. The van der Waals surface area contributed by atoms with Crippen LogP contribution in [0.25, 0.3) is 10.9 Å². The molecule has 1 amide bonds. The van der Waals surface area contributed by atoms with Crippen LogP contribution >= 0.6 is 0 Å². The van der Waals surface area contributed by atoms with Crippen LogP contribution in [0.4, 0.5) is 0 Å². The summed E-state index contributed by atoms with van der Waals surface area (Å²) in [5, 5.41) is 1.09. The van der Waals surface area contributed by atoms with Crippen LogP contribution in [0.3, 0.4) is 0 Å². The first-order valence-corrected chi connectivity index (χ1v) is 8.57. The number of fused-ring (bicyclic) bond motifs is 1. The molecule has 1 aliphatic rings. The number of carbonyl (C=O) groups is 1. The first kappa shape index (κ1) is 15.6. The number of para-hydroxylation sites is 1. The zero-order valence-electron chi connectivity index (χ0n) is 14.2. The SMILES string of the molecule is Cc1cccc(C(=O)N2CCC(Oc3ccc4ccccc4n3)C2)c1. The zero-order chi connectivity index (χ0) is 17.2. The van der Waals surface area contributed by atoms with E-state index in [9.17, 15) is 4.79 Å². The van der Waals surface area contributed by atoms with Crippen molar-refractivity contribution in [2.75, 3.05) is 13.1 Å². The molecule has 0 spiro atoms. The lowest BCUT2D eigenvalue weighted by atomic mass is 10.1. The third-order valence-corrected chi connectivity index (χ3v) is 4.56. The van der Waals surface area contributed by atoms with Crippen LogP contribution in [0.1, 0.15) is 22.3 Å². The summed E-state index contributed by atoms with van der Waals surface area (Å²) in [6, 6.07) is 19.6. The first-order chi connectivity index (χ1) is 12.2. The monoisotopic (exact) mass is 332 g/mol. The molecule has 25 heavy (non-hydrogen) atoms. The van der Waals surface area contributed by atoms with E-state index in [1.54, 1.807) is 0 Å². The van der Waals surface area contributed by atoms with Crippen LogP contribution in [0.5, 0.6) is 5.88 Å². The maximum absolute atomic E-state index is 12.6. The molecule has 1 aromatic heterocycles. The Bertz CT molecular complexity index is 922. The van der Waals surface area contributed by atoms with E-state index < -0.39 is 0 Å². The minimum atomic E-state index is -0.0116. The molecular formula is C21H20N2O2. The van der Waals surface area contributed by atoms with Crippen molar-refractivity contribution in [2.24, 2.45) is 0 Å². The molecule has 1 aliphatic heterocycles. The lowest BCUT2D eigenvalue weighted by Gasteiger charge is -2.17. The Kier molecular flexibility index (Phi) is 4.10. The van der Waals surface area contributed by atoms with E-state index in [-0.39, 0.29) is 12.0 Å². The summed E-state index contributed by atoms with van der Waals surface area (Å²) in [5.41, 5.74) is 2.76. The second kappa shape index (κ2) is 6.55. The fourth-order valence-corrected chi connectivity index (χ4v) is 3.25. The van der Waals surface area contributed by atoms with Gasteiger partial charge in [-0.05, 0) is 31.2 Å². The van der Waals surface area contributed by atoms with E-state index in [1.807, 2.05) is 72.5 Å². The number of pyridine rings is 1. The van der Waals surface area contributed by atoms with E-state index in [4.69, 9.17) is 4.74 Å². The molecule has 2 aromatic carbocycles. The van der Waals surface area contributed by atoms with E-state index in [0.717, 1.165) is 28.5 Å².